The molecule has 1 N–H and O–H groups in total. The highest BCUT2D eigenvalue weighted by molar-refractivity contribution is 5.89. The van der Waals surface area contributed by atoms with Crippen LogP contribution in [0.15, 0.2) is 47.3 Å². The quantitative estimate of drug-likeness (QED) is 0.752. The van der Waals surface area contributed by atoms with Crippen LogP contribution in [-0.4, -0.2) is 17.1 Å². The molecule has 24 heavy (non-hydrogen) atoms. The molecular formula is C18H12FN3O2. The summed E-state index contributed by atoms with van der Waals surface area (Å²) in [5.74, 6) is 0.159. The minimum absolute atomic E-state index is 0.0647. The number of nitrogens with zero attached hydrogens (tertiary/aromatic N) is 2. The van der Waals surface area contributed by atoms with E-state index in [1.807, 2.05) is 6.07 Å². The SMILES string of the molecule is COc1ccc2nc(C(C#N)=Cc3ccccc3F)[nH]c(=O)c2c1. The molecule has 6 heteroatoms. The zero-order valence-corrected chi connectivity index (χ0v) is 12.7. The van der Waals surface area contributed by atoms with Crippen molar-refractivity contribution in [2.24, 2.45) is 0 Å². The van der Waals surface area contributed by atoms with Crippen LogP contribution < -0.4 is 10.3 Å². The molecule has 0 unspecified atom stereocenters. The minimum atomic E-state index is -0.460. The van der Waals surface area contributed by atoms with E-state index in [-0.39, 0.29) is 17.0 Å². The Morgan fingerprint density at radius 1 is 1.33 bits per heavy atom. The first kappa shape index (κ1) is 15.4. The average Bonchev–Trinajstić information content (AvgIpc) is 2.60. The standard InChI is InChI=1S/C18H12FN3O2/c1-24-13-6-7-16-14(9-13)18(23)22-17(21-16)12(10-20)8-11-4-2-3-5-15(11)19/h2-9H,1H3,(H,21,22,23). The Bertz CT molecular complexity index is 1050. The number of aromatic nitrogens is 2. The third-order valence-corrected chi connectivity index (χ3v) is 3.49. The van der Waals surface area contributed by atoms with Gasteiger partial charge < -0.3 is 9.72 Å². The maximum atomic E-state index is 13.8. The Morgan fingerprint density at radius 3 is 2.83 bits per heavy atom. The average molecular weight is 321 g/mol. The van der Waals surface area contributed by atoms with E-state index >= 15 is 0 Å². The number of rotatable bonds is 3. The van der Waals surface area contributed by atoms with E-state index in [1.165, 1.54) is 25.3 Å². The van der Waals surface area contributed by atoms with Gasteiger partial charge in [-0.05, 0) is 30.3 Å². The Labute approximate surface area is 136 Å². The predicted molar refractivity (Wildman–Crippen MR) is 88.8 cm³/mol. The summed E-state index contributed by atoms with van der Waals surface area (Å²) in [6.45, 7) is 0. The van der Waals surface area contributed by atoms with Gasteiger partial charge >= 0.3 is 0 Å². The van der Waals surface area contributed by atoms with E-state index in [1.54, 1.807) is 30.3 Å². The normalized spacial score (nSPS) is 11.3. The Morgan fingerprint density at radius 2 is 2.12 bits per heavy atom. The molecular weight excluding hydrogens is 309 g/mol. The number of benzene rings is 2. The van der Waals surface area contributed by atoms with Crippen LogP contribution in [0.5, 0.6) is 5.75 Å². The Kier molecular flexibility index (Phi) is 4.08. The van der Waals surface area contributed by atoms with Crippen molar-refractivity contribution in [3.63, 3.8) is 0 Å². The molecule has 0 spiro atoms. The van der Waals surface area contributed by atoms with Crippen LogP contribution in [0, 0.1) is 17.1 Å². The monoisotopic (exact) mass is 321 g/mol. The number of H-pyrrole nitrogens is 1. The van der Waals surface area contributed by atoms with Crippen molar-refractivity contribution < 1.29 is 9.13 Å². The van der Waals surface area contributed by atoms with E-state index in [4.69, 9.17) is 4.74 Å². The summed E-state index contributed by atoms with van der Waals surface area (Å²) in [5.41, 5.74) is 0.328. The molecule has 3 aromatic rings. The maximum absolute atomic E-state index is 13.8. The second-order valence-electron chi connectivity index (χ2n) is 4.99. The smallest absolute Gasteiger partial charge is 0.259 e. The zero-order chi connectivity index (χ0) is 17.1. The molecule has 0 saturated carbocycles. The van der Waals surface area contributed by atoms with Gasteiger partial charge in [-0.2, -0.15) is 5.26 Å². The summed E-state index contributed by atoms with van der Waals surface area (Å²) in [6, 6.07) is 12.9. The molecule has 2 aromatic carbocycles. The van der Waals surface area contributed by atoms with Crippen molar-refractivity contribution in [3.8, 4) is 11.8 Å². The van der Waals surface area contributed by atoms with Crippen molar-refractivity contribution in [1.82, 2.24) is 9.97 Å². The Balaban J connectivity index is 2.16. The molecule has 5 nitrogen and oxygen atoms in total. The van der Waals surface area contributed by atoms with Gasteiger partial charge in [0, 0.05) is 5.56 Å². The van der Waals surface area contributed by atoms with Crippen LogP contribution in [0.25, 0.3) is 22.6 Å². The highest BCUT2D eigenvalue weighted by Crippen LogP contribution is 2.20. The molecule has 1 aromatic heterocycles. The van der Waals surface area contributed by atoms with Crippen molar-refractivity contribution in [2.45, 2.75) is 0 Å². The second-order valence-corrected chi connectivity index (χ2v) is 4.99. The largest absolute Gasteiger partial charge is 0.497 e. The minimum Gasteiger partial charge on any atom is -0.497 e. The molecule has 118 valence electrons. The fourth-order valence-corrected chi connectivity index (χ4v) is 2.27. The van der Waals surface area contributed by atoms with E-state index in [0.29, 0.717) is 16.7 Å². The van der Waals surface area contributed by atoms with Crippen molar-refractivity contribution in [1.29, 1.82) is 5.26 Å². The molecule has 3 rings (SSSR count). The molecule has 0 radical (unpaired) electrons. The van der Waals surface area contributed by atoms with Gasteiger partial charge in [0.25, 0.3) is 5.56 Å². The predicted octanol–water partition coefficient (Wildman–Crippen LogP) is 3.13. The lowest BCUT2D eigenvalue weighted by Gasteiger charge is -2.04. The van der Waals surface area contributed by atoms with Crippen LogP contribution in [-0.2, 0) is 0 Å². The van der Waals surface area contributed by atoms with Gasteiger partial charge in [0.05, 0.1) is 23.6 Å². The van der Waals surface area contributed by atoms with Gasteiger partial charge in [-0.25, -0.2) is 9.37 Å². The van der Waals surface area contributed by atoms with Gasteiger partial charge in [-0.3, -0.25) is 4.79 Å². The van der Waals surface area contributed by atoms with Crippen LogP contribution >= 0.6 is 0 Å². The van der Waals surface area contributed by atoms with Gasteiger partial charge in [0.1, 0.15) is 17.6 Å². The number of hydrogen-bond donors (Lipinski definition) is 1. The lowest BCUT2D eigenvalue weighted by Crippen LogP contribution is -2.11. The number of allylic oxidation sites excluding steroid dienone is 1. The third kappa shape index (κ3) is 2.88. The molecule has 0 aliphatic carbocycles. The van der Waals surface area contributed by atoms with E-state index in [0.717, 1.165) is 0 Å². The van der Waals surface area contributed by atoms with Crippen LogP contribution in [0.4, 0.5) is 4.39 Å². The number of methoxy groups -OCH3 is 1. The van der Waals surface area contributed by atoms with Crippen LogP contribution in [0.3, 0.4) is 0 Å². The van der Waals surface area contributed by atoms with Crippen LogP contribution in [0.2, 0.25) is 0 Å². The fraction of sp³-hybridized carbons (Fsp3) is 0.0556. The number of fused-ring (bicyclic) bond motifs is 1. The summed E-state index contributed by atoms with van der Waals surface area (Å²) in [7, 11) is 1.50. The van der Waals surface area contributed by atoms with Gasteiger partial charge in [-0.15, -0.1) is 0 Å². The number of ether oxygens (including phenoxy) is 1. The third-order valence-electron chi connectivity index (χ3n) is 3.49. The molecule has 0 aliphatic heterocycles. The van der Waals surface area contributed by atoms with E-state index in [9.17, 15) is 14.4 Å². The first-order chi connectivity index (χ1) is 11.6. The molecule has 1 heterocycles. The first-order valence-electron chi connectivity index (χ1n) is 7.07. The van der Waals surface area contributed by atoms with E-state index < -0.39 is 11.4 Å². The molecule has 0 saturated heterocycles. The number of aromatic amines is 1. The van der Waals surface area contributed by atoms with Crippen molar-refractivity contribution in [2.75, 3.05) is 7.11 Å². The Hall–Kier alpha value is -3.46. The summed E-state index contributed by atoms with van der Waals surface area (Å²) in [4.78, 5) is 19.1. The fourth-order valence-electron chi connectivity index (χ4n) is 2.27. The molecule has 0 amide bonds. The number of hydrogen-bond acceptors (Lipinski definition) is 4. The number of nitrogens with one attached hydrogen (secondary N) is 1. The zero-order valence-electron chi connectivity index (χ0n) is 12.7. The summed E-state index contributed by atoms with van der Waals surface area (Å²) in [5, 5.41) is 9.70. The molecule has 0 bridgehead atoms. The molecule has 0 atom stereocenters. The molecule has 0 fully saturated rings. The van der Waals surface area contributed by atoms with Gasteiger partial charge in [-0.1, -0.05) is 18.2 Å². The van der Waals surface area contributed by atoms with E-state index in [2.05, 4.69) is 9.97 Å². The summed E-state index contributed by atoms with van der Waals surface area (Å²) >= 11 is 0. The molecule has 0 aliphatic rings. The van der Waals surface area contributed by atoms with Gasteiger partial charge in [0.2, 0.25) is 0 Å². The van der Waals surface area contributed by atoms with Gasteiger partial charge in [0.15, 0.2) is 5.82 Å². The lowest BCUT2D eigenvalue weighted by atomic mass is 10.1. The summed E-state index contributed by atoms with van der Waals surface area (Å²) < 4.78 is 18.8. The summed E-state index contributed by atoms with van der Waals surface area (Å²) in [6.07, 6.45) is 1.35. The van der Waals surface area contributed by atoms with Crippen molar-refractivity contribution >= 4 is 22.6 Å². The highest BCUT2D eigenvalue weighted by atomic mass is 19.1. The second kappa shape index (κ2) is 6.34. The number of nitriles is 1. The maximum Gasteiger partial charge on any atom is 0.259 e. The topological polar surface area (TPSA) is 78.8 Å². The lowest BCUT2D eigenvalue weighted by molar-refractivity contribution is 0.415. The van der Waals surface area contributed by atoms with Crippen LogP contribution in [0.1, 0.15) is 11.4 Å². The first-order valence-corrected chi connectivity index (χ1v) is 7.07. The van der Waals surface area contributed by atoms with Crippen molar-refractivity contribution in [3.05, 3.63) is 70.0 Å². The number of halogens is 1. The highest BCUT2D eigenvalue weighted by Gasteiger charge is 2.10.